The molecule has 1 amide bonds. The number of hydrogen-bond acceptors (Lipinski definition) is 4. The third-order valence-electron chi connectivity index (χ3n) is 4.43. The molecule has 2 heterocycles. The van der Waals surface area contributed by atoms with Gasteiger partial charge >= 0.3 is 0 Å². The SMILES string of the molecule is CN[C@@H]1CCCN(C(=O)CCc2ncc(-c3ccccc3Br)o2)C1. The molecule has 1 aliphatic heterocycles. The molecule has 1 aromatic heterocycles. The molecule has 1 N–H and O–H groups in total. The Labute approximate surface area is 150 Å². The van der Waals surface area contributed by atoms with Crippen LogP contribution in [0.4, 0.5) is 0 Å². The summed E-state index contributed by atoms with van der Waals surface area (Å²) >= 11 is 3.51. The average molecular weight is 392 g/mol. The lowest BCUT2D eigenvalue weighted by molar-refractivity contribution is -0.132. The Morgan fingerprint density at radius 1 is 1.46 bits per heavy atom. The first-order valence-corrected chi connectivity index (χ1v) is 9.11. The third kappa shape index (κ3) is 4.05. The second-order valence-corrected chi connectivity index (χ2v) is 6.92. The molecular formula is C18H22BrN3O2. The van der Waals surface area contributed by atoms with Crippen molar-refractivity contribution in [1.82, 2.24) is 15.2 Å². The van der Waals surface area contributed by atoms with Crippen LogP contribution >= 0.6 is 15.9 Å². The van der Waals surface area contributed by atoms with Crippen molar-refractivity contribution in [2.24, 2.45) is 0 Å². The number of hydrogen-bond donors (Lipinski definition) is 1. The quantitative estimate of drug-likeness (QED) is 0.849. The molecular weight excluding hydrogens is 370 g/mol. The van der Waals surface area contributed by atoms with E-state index in [1.54, 1.807) is 6.20 Å². The highest BCUT2D eigenvalue weighted by Gasteiger charge is 2.22. The lowest BCUT2D eigenvalue weighted by Crippen LogP contribution is -2.47. The maximum absolute atomic E-state index is 12.4. The van der Waals surface area contributed by atoms with Gasteiger partial charge in [-0.3, -0.25) is 4.79 Å². The van der Waals surface area contributed by atoms with Crippen molar-refractivity contribution in [3.05, 3.63) is 40.8 Å². The molecule has 24 heavy (non-hydrogen) atoms. The molecule has 0 saturated carbocycles. The molecule has 128 valence electrons. The van der Waals surface area contributed by atoms with Crippen molar-refractivity contribution in [1.29, 1.82) is 0 Å². The molecule has 5 nitrogen and oxygen atoms in total. The zero-order chi connectivity index (χ0) is 16.9. The van der Waals surface area contributed by atoms with Crippen molar-refractivity contribution in [3.8, 4) is 11.3 Å². The fourth-order valence-corrected chi connectivity index (χ4v) is 3.50. The van der Waals surface area contributed by atoms with Gasteiger partial charge in [0.25, 0.3) is 0 Å². The van der Waals surface area contributed by atoms with Crippen LogP contribution in [-0.2, 0) is 11.2 Å². The Bertz CT molecular complexity index is 701. The summed E-state index contributed by atoms with van der Waals surface area (Å²) in [6.07, 6.45) is 4.88. The number of aryl methyl sites for hydroxylation is 1. The third-order valence-corrected chi connectivity index (χ3v) is 5.12. The van der Waals surface area contributed by atoms with Gasteiger partial charge in [-0.05, 0) is 26.0 Å². The van der Waals surface area contributed by atoms with Crippen molar-refractivity contribution in [3.63, 3.8) is 0 Å². The molecule has 2 aromatic rings. The van der Waals surface area contributed by atoms with Gasteiger partial charge in [0, 0.05) is 42.0 Å². The van der Waals surface area contributed by atoms with Crippen LogP contribution in [0.25, 0.3) is 11.3 Å². The molecule has 0 aliphatic carbocycles. The summed E-state index contributed by atoms with van der Waals surface area (Å²) in [5.74, 6) is 1.50. The minimum absolute atomic E-state index is 0.176. The summed E-state index contributed by atoms with van der Waals surface area (Å²) in [5.41, 5.74) is 0.968. The topological polar surface area (TPSA) is 58.4 Å². The number of carbonyl (C=O) groups is 1. The largest absolute Gasteiger partial charge is 0.441 e. The summed E-state index contributed by atoms with van der Waals surface area (Å²) < 4.78 is 6.77. The number of carbonyl (C=O) groups excluding carboxylic acids is 1. The summed E-state index contributed by atoms with van der Waals surface area (Å²) in [5, 5.41) is 3.26. The standard InChI is InChI=1S/C18H22BrN3O2/c1-20-13-5-4-10-22(12-13)18(23)9-8-17-21-11-16(24-17)14-6-2-3-7-15(14)19/h2-3,6-7,11,13,20H,4-5,8-10,12H2,1H3/t13-/m1/s1. The summed E-state index contributed by atoms with van der Waals surface area (Å²) in [6, 6.07) is 8.27. The fourth-order valence-electron chi connectivity index (χ4n) is 3.02. The Hall–Kier alpha value is -1.66. The second-order valence-electron chi connectivity index (χ2n) is 6.07. The van der Waals surface area contributed by atoms with E-state index in [1.807, 2.05) is 36.2 Å². The molecule has 0 spiro atoms. The normalized spacial score (nSPS) is 17.9. The van der Waals surface area contributed by atoms with E-state index in [4.69, 9.17) is 4.42 Å². The smallest absolute Gasteiger partial charge is 0.223 e. The molecule has 1 aromatic carbocycles. The molecule has 1 fully saturated rings. The van der Waals surface area contributed by atoms with E-state index in [2.05, 4.69) is 26.2 Å². The van der Waals surface area contributed by atoms with Crippen LogP contribution in [-0.4, -0.2) is 42.0 Å². The number of oxazole rings is 1. The molecule has 1 aliphatic rings. The molecule has 6 heteroatoms. The van der Waals surface area contributed by atoms with E-state index in [0.29, 0.717) is 24.8 Å². The van der Waals surface area contributed by atoms with Crippen LogP contribution in [0.1, 0.15) is 25.2 Å². The minimum Gasteiger partial charge on any atom is -0.441 e. The zero-order valence-electron chi connectivity index (χ0n) is 13.8. The predicted molar refractivity (Wildman–Crippen MR) is 96.6 cm³/mol. The molecule has 0 bridgehead atoms. The predicted octanol–water partition coefficient (Wildman–Crippen LogP) is 3.25. The van der Waals surface area contributed by atoms with Crippen molar-refractivity contribution in [2.45, 2.75) is 31.7 Å². The lowest BCUT2D eigenvalue weighted by atomic mass is 10.1. The van der Waals surface area contributed by atoms with Gasteiger partial charge in [-0.15, -0.1) is 0 Å². The maximum atomic E-state index is 12.4. The highest BCUT2D eigenvalue weighted by Crippen LogP contribution is 2.28. The van der Waals surface area contributed by atoms with E-state index < -0.39 is 0 Å². The Balaban J connectivity index is 1.57. The van der Waals surface area contributed by atoms with E-state index in [0.717, 1.165) is 41.7 Å². The number of nitrogens with zero attached hydrogens (tertiary/aromatic N) is 2. The number of amides is 1. The molecule has 1 saturated heterocycles. The maximum Gasteiger partial charge on any atom is 0.223 e. The number of rotatable bonds is 5. The van der Waals surface area contributed by atoms with Crippen LogP contribution in [0.3, 0.4) is 0 Å². The van der Waals surface area contributed by atoms with Crippen molar-refractivity contribution < 1.29 is 9.21 Å². The lowest BCUT2D eigenvalue weighted by Gasteiger charge is -2.32. The summed E-state index contributed by atoms with van der Waals surface area (Å²) in [6.45, 7) is 1.65. The molecule has 0 radical (unpaired) electrons. The van der Waals surface area contributed by atoms with Crippen LogP contribution in [0, 0.1) is 0 Å². The number of benzene rings is 1. The highest BCUT2D eigenvalue weighted by atomic mass is 79.9. The first-order chi connectivity index (χ1) is 11.7. The Morgan fingerprint density at radius 2 is 2.29 bits per heavy atom. The van der Waals surface area contributed by atoms with E-state index in [9.17, 15) is 4.79 Å². The number of halogens is 1. The number of likely N-dealkylation sites (tertiary alicyclic amines) is 1. The van der Waals surface area contributed by atoms with E-state index in [-0.39, 0.29) is 5.91 Å². The number of aromatic nitrogens is 1. The van der Waals surface area contributed by atoms with Crippen LogP contribution < -0.4 is 5.32 Å². The first kappa shape index (κ1) is 17.2. The Morgan fingerprint density at radius 3 is 3.08 bits per heavy atom. The van der Waals surface area contributed by atoms with Gasteiger partial charge in [0.05, 0.1) is 6.20 Å². The van der Waals surface area contributed by atoms with Gasteiger partial charge in [-0.1, -0.05) is 34.1 Å². The first-order valence-electron chi connectivity index (χ1n) is 8.32. The van der Waals surface area contributed by atoms with Crippen LogP contribution in [0.5, 0.6) is 0 Å². The van der Waals surface area contributed by atoms with Crippen molar-refractivity contribution in [2.75, 3.05) is 20.1 Å². The van der Waals surface area contributed by atoms with Gasteiger partial charge in [0.15, 0.2) is 11.7 Å². The zero-order valence-corrected chi connectivity index (χ0v) is 15.4. The van der Waals surface area contributed by atoms with E-state index in [1.165, 1.54) is 0 Å². The van der Waals surface area contributed by atoms with Crippen LogP contribution in [0.15, 0.2) is 39.4 Å². The fraction of sp³-hybridized carbons (Fsp3) is 0.444. The molecule has 0 unspecified atom stereocenters. The Kier molecular flexibility index (Phi) is 5.68. The summed E-state index contributed by atoms with van der Waals surface area (Å²) in [7, 11) is 1.95. The molecule has 1 atom stereocenters. The minimum atomic E-state index is 0.176. The van der Waals surface area contributed by atoms with Crippen LogP contribution in [0.2, 0.25) is 0 Å². The van der Waals surface area contributed by atoms with Gasteiger partial charge in [-0.25, -0.2) is 4.98 Å². The second kappa shape index (κ2) is 7.94. The highest BCUT2D eigenvalue weighted by molar-refractivity contribution is 9.10. The van der Waals surface area contributed by atoms with Crippen molar-refractivity contribution >= 4 is 21.8 Å². The number of likely N-dealkylation sites (N-methyl/N-ethyl adjacent to an activating group) is 1. The summed E-state index contributed by atoms with van der Waals surface area (Å²) in [4.78, 5) is 18.6. The average Bonchev–Trinajstić information content (AvgIpc) is 3.09. The van der Waals surface area contributed by atoms with E-state index >= 15 is 0 Å². The van der Waals surface area contributed by atoms with Gasteiger partial charge in [0.1, 0.15) is 0 Å². The van der Waals surface area contributed by atoms with Gasteiger partial charge < -0.3 is 14.6 Å². The number of nitrogens with one attached hydrogen (secondary N) is 1. The van der Waals surface area contributed by atoms with Gasteiger partial charge in [-0.2, -0.15) is 0 Å². The monoisotopic (exact) mass is 391 g/mol. The molecule has 3 rings (SSSR count). The van der Waals surface area contributed by atoms with Gasteiger partial charge in [0.2, 0.25) is 5.91 Å². The number of piperidine rings is 1.